The van der Waals surface area contributed by atoms with E-state index in [0.717, 1.165) is 19.4 Å². The molecule has 1 heterocycles. The zero-order chi connectivity index (χ0) is 8.97. The van der Waals surface area contributed by atoms with Gasteiger partial charge in [-0.1, -0.05) is 13.3 Å². The fourth-order valence-corrected chi connectivity index (χ4v) is 1.71. The lowest BCUT2D eigenvalue weighted by Crippen LogP contribution is -2.36. The Kier molecular flexibility index (Phi) is 3.53. The molecule has 12 heavy (non-hydrogen) atoms. The van der Waals surface area contributed by atoms with Crippen LogP contribution in [0.15, 0.2) is 0 Å². The average molecular weight is 171 g/mol. The second-order valence-electron chi connectivity index (χ2n) is 3.14. The van der Waals surface area contributed by atoms with Gasteiger partial charge in [-0.2, -0.15) is 0 Å². The van der Waals surface area contributed by atoms with Gasteiger partial charge in [-0.05, 0) is 25.8 Å². The number of nitrogens with one attached hydrogen (secondary N) is 1. The van der Waals surface area contributed by atoms with E-state index in [0.29, 0.717) is 12.5 Å². The summed E-state index contributed by atoms with van der Waals surface area (Å²) >= 11 is 0. The quantitative estimate of drug-likeness (QED) is 0.642. The van der Waals surface area contributed by atoms with Crippen LogP contribution in [0, 0.1) is 5.92 Å². The first-order valence-corrected chi connectivity index (χ1v) is 4.69. The molecule has 2 atom stereocenters. The van der Waals surface area contributed by atoms with Gasteiger partial charge in [0, 0.05) is 0 Å². The first kappa shape index (κ1) is 9.52. The highest BCUT2D eigenvalue weighted by atomic mass is 16.5. The lowest BCUT2D eigenvalue weighted by Gasteiger charge is -2.15. The van der Waals surface area contributed by atoms with Crippen molar-refractivity contribution in [2.45, 2.75) is 32.7 Å². The molecule has 0 aliphatic carbocycles. The predicted molar refractivity (Wildman–Crippen MR) is 46.8 cm³/mol. The van der Waals surface area contributed by atoms with E-state index in [2.05, 4.69) is 12.2 Å². The SMILES string of the molecule is CCOC(=O)C1NCCC1CC. The Labute approximate surface area is 73.5 Å². The molecule has 0 amide bonds. The van der Waals surface area contributed by atoms with Gasteiger partial charge in [-0.3, -0.25) is 4.79 Å². The average Bonchev–Trinajstić information content (AvgIpc) is 2.51. The van der Waals surface area contributed by atoms with E-state index in [4.69, 9.17) is 4.74 Å². The molecule has 1 saturated heterocycles. The number of hydrogen-bond acceptors (Lipinski definition) is 3. The van der Waals surface area contributed by atoms with Crippen molar-refractivity contribution in [3.63, 3.8) is 0 Å². The topological polar surface area (TPSA) is 38.3 Å². The normalized spacial score (nSPS) is 28.8. The lowest BCUT2D eigenvalue weighted by atomic mass is 9.98. The number of carbonyl (C=O) groups is 1. The van der Waals surface area contributed by atoms with Crippen LogP contribution in [-0.2, 0) is 9.53 Å². The number of hydrogen-bond donors (Lipinski definition) is 1. The van der Waals surface area contributed by atoms with Crippen LogP contribution in [-0.4, -0.2) is 25.2 Å². The molecule has 1 rings (SSSR count). The molecule has 0 saturated carbocycles. The van der Waals surface area contributed by atoms with Crippen LogP contribution >= 0.6 is 0 Å². The van der Waals surface area contributed by atoms with Gasteiger partial charge in [0.1, 0.15) is 6.04 Å². The summed E-state index contributed by atoms with van der Waals surface area (Å²) in [5, 5.41) is 3.17. The molecule has 0 aromatic heterocycles. The summed E-state index contributed by atoms with van der Waals surface area (Å²) in [7, 11) is 0. The largest absolute Gasteiger partial charge is 0.465 e. The third kappa shape index (κ3) is 1.97. The van der Waals surface area contributed by atoms with Gasteiger partial charge in [-0.15, -0.1) is 0 Å². The van der Waals surface area contributed by atoms with Crippen LogP contribution < -0.4 is 5.32 Å². The zero-order valence-electron chi connectivity index (χ0n) is 7.80. The Morgan fingerprint density at radius 1 is 1.58 bits per heavy atom. The molecule has 3 nitrogen and oxygen atoms in total. The summed E-state index contributed by atoms with van der Waals surface area (Å²) in [6.07, 6.45) is 2.15. The molecule has 0 radical (unpaired) electrons. The Balaban J connectivity index is 2.43. The lowest BCUT2D eigenvalue weighted by molar-refractivity contribution is -0.146. The molecule has 1 aliphatic rings. The molecule has 3 heteroatoms. The summed E-state index contributed by atoms with van der Waals surface area (Å²) < 4.78 is 4.96. The molecule has 0 aromatic carbocycles. The van der Waals surface area contributed by atoms with Gasteiger partial charge in [-0.25, -0.2) is 0 Å². The molecular formula is C9H17NO2. The summed E-state index contributed by atoms with van der Waals surface area (Å²) in [6.45, 7) is 5.38. The van der Waals surface area contributed by atoms with Crippen LogP contribution in [0.25, 0.3) is 0 Å². The molecule has 0 spiro atoms. The number of rotatable bonds is 3. The molecule has 2 unspecified atom stereocenters. The monoisotopic (exact) mass is 171 g/mol. The second kappa shape index (κ2) is 4.45. The maximum atomic E-state index is 11.3. The van der Waals surface area contributed by atoms with Crippen LogP contribution in [0.3, 0.4) is 0 Å². The van der Waals surface area contributed by atoms with Crippen LogP contribution in [0.1, 0.15) is 26.7 Å². The number of carbonyl (C=O) groups excluding carboxylic acids is 1. The minimum absolute atomic E-state index is 0.0463. The van der Waals surface area contributed by atoms with Crippen LogP contribution in [0.4, 0.5) is 0 Å². The summed E-state index contributed by atoms with van der Waals surface area (Å²) in [5.74, 6) is 0.394. The standard InChI is InChI=1S/C9H17NO2/c1-3-7-5-6-10-8(7)9(11)12-4-2/h7-8,10H,3-6H2,1-2H3. The second-order valence-corrected chi connectivity index (χ2v) is 3.14. The summed E-state index contributed by atoms with van der Waals surface area (Å²) in [6, 6.07) is -0.0463. The van der Waals surface area contributed by atoms with E-state index < -0.39 is 0 Å². The number of esters is 1. The van der Waals surface area contributed by atoms with E-state index in [1.54, 1.807) is 0 Å². The van der Waals surface area contributed by atoms with Crippen molar-refractivity contribution in [1.29, 1.82) is 0 Å². The maximum absolute atomic E-state index is 11.3. The van der Waals surface area contributed by atoms with Gasteiger partial charge in [0.25, 0.3) is 0 Å². The van der Waals surface area contributed by atoms with Crippen molar-refractivity contribution >= 4 is 5.97 Å². The van der Waals surface area contributed by atoms with Gasteiger partial charge in [0.05, 0.1) is 6.61 Å². The molecule has 70 valence electrons. The van der Waals surface area contributed by atoms with Gasteiger partial charge in [0.15, 0.2) is 0 Å². The minimum atomic E-state index is -0.0816. The van der Waals surface area contributed by atoms with Crippen molar-refractivity contribution in [3.05, 3.63) is 0 Å². The molecule has 1 fully saturated rings. The first-order valence-electron chi connectivity index (χ1n) is 4.69. The summed E-state index contributed by atoms with van der Waals surface area (Å²) in [4.78, 5) is 11.3. The highest BCUT2D eigenvalue weighted by molar-refractivity contribution is 5.76. The Morgan fingerprint density at radius 3 is 2.92 bits per heavy atom. The minimum Gasteiger partial charge on any atom is -0.465 e. The van der Waals surface area contributed by atoms with E-state index in [-0.39, 0.29) is 12.0 Å². The highest BCUT2D eigenvalue weighted by Crippen LogP contribution is 2.19. The van der Waals surface area contributed by atoms with Crippen LogP contribution in [0.5, 0.6) is 0 Å². The van der Waals surface area contributed by atoms with Gasteiger partial charge < -0.3 is 10.1 Å². The van der Waals surface area contributed by atoms with Crippen LogP contribution in [0.2, 0.25) is 0 Å². The Hall–Kier alpha value is -0.570. The third-order valence-corrected chi connectivity index (χ3v) is 2.42. The van der Waals surface area contributed by atoms with Crippen molar-refractivity contribution in [2.24, 2.45) is 5.92 Å². The highest BCUT2D eigenvalue weighted by Gasteiger charge is 2.32. The Bertz CT molecular complexity index is 159. The molecule has 1 N–H and O–H groups in total. The van der Waals surface area contributed by atoms with E-state index in [1.165, 1.54) is 0 Å². The van der Waals surface area contributed by atoms with Gasteiger partial charge in [0.2, 0.25) is 0 Å². The molecule has 1 aliphatic heterocycles. The fraction of sp³-hybridized carbons (Fsp3) is 0.889. The molecular weight excluding hydrogens is 154 g/mol. The molecule has 0 aromatic rings. The zero-order valence-corrected chi connectivity index (χ0v) is 7.80. The third-order valence-electron chi connectivity index (χ3n) is 2.42. The van der Waals surface area contributed by atoms with E-state index in [9.17, 15) is 4.79 Å². The predicted octanol–water partition coefficient (Wildman–Crippen LogP) is 0.938. The first-order chi connectivity index (χ1) is 5.79. The van der Waals surface area contributed by atoms with E-state index in [1.807, 2.05) is 6.92 Å². The maximum Gasteiger partial charge on any atom is 0.323 e. The van der Waals surface area contributed by atoms with E-state index >= 15 is 0 Å². The number of ether oxygens (including phenoxy) is 1. The van der Waals surface area contributed by atoms with Crippen molar-refractivity contribution < 1.29 is 9.53 Å². The van der Waals surface area contributed by atoms with Crippen molar-refractivity contribution in [1.82, 2.24) is 5.32 Å². The smallest absolute Gasteiger partial charge is 0.323 e. The summed E-state index contributed by atoms with van der Waals surface area (Å²) in [5.41, 5.74) is 0. The molecule has 0 bridgehead atoms. The Morgan fingerprint density at radius 2 is 2.33 bits per heavy atom. The van der Waals surface area contributed by atoms with Crippen molar-refractivity contribution in [2.75, 3.05) is 13.2 Å². The van der Waals surface area contributed by atoms with Crippen molar-refractivity contribution in [3.8, 4) is 0 Å². The van der Waals surface area contributed by atoms with Gasteiger partial charge >= 0.3 is 5.97 Å². The fourth-order valence-electron chi connectivity index (χ4n) is 1.71.